The molecule has 21 heavy (non-hydrogen) atoms. The molecule has 1 aliphatic rings. The molecule has 0 bridgehead atoms. The van der Waals surface area contributed by atoms with Gasteiger partial charge in [0.25, 0.3) is 0 Å². The van der Waals surface area contributed by atoms with Crippen molar-refractivity contribution >= 4 is 5.82 Å². The number of nitrogens with two attached hydrogens (primary N) is 1. The van der Waals surface area contributed by atoms with Gasteiger partial charge in [0.1, 0.15) is 23.2 Å². The van der Waals surface area contributed by atoms with Gasteiger partial charge in [-0.15, -0.1) is 0 Å². The summed E-state index contributed by atoms with van der Waals surface area (Å²) in [5.41, 5.74) is 8.66. The lowest BCUT2D eigenvalue weighted by atomic mass is 10.1. The molecule has 3 rings (SSSR count). The summed E-state index contributed by atoms with van der Waals surface area (Å²) < 4.78 is 15.6. The molecule has 0 amide bonds. The number of halogens is 1. The Balaban J connectivity index is 2.07. The summed E-state index contributed by atoms with van der Waals surface area (Å²) in [5, 5.41) is 0. The van der Waals surface area contributed by atoms with E-state index in [9.17, 15) is 4.39 Å². The van der Waals surface area contributed by atoms with E-state index in [1.54, 1.807) is 13.0 Å². The van der Waals surface area contributed by atoms with Gasteiger partial charge < -0.3 is 10.3 Å². The van der Waals surface area contributed by atoms with Crippen molar-refractivity contribution in [1.82, 2.24) is 9.55 Å². The van der Waals surface area contributed by atoms with Crippen molar-refractivity contribution in [2.24, 2.45) is 5.92 Å². The minimum atomic E-state index is -0.193. The Labute approximate surface area is 125 Å². The third-order valence-electron chi connectivity index (χ3n) is 3.96. The van der Waals surface area contributed by atoms with E-state index >= 15 is 0 Å². The largest absolute Gasteiger partial charge is 0.383 e. The van der Waals surface area contributed by atoms with Crippen LogP contribution in [0.2, 0.25) is 0 Å². The van der Waals surface area contributed by atoms with Crippen LogP contribution in [0.25, 0.3) is 11.3 Å². The number of aryl methyl sites for hydroxylation is 1. The van der Waals surface area contributed by atoms with Gasteiger partial charge in [0, 0.05) is 18.0 Å². The van der Waals surface area contributed by atoms with Crippen molar-refractivity contribution < 1.29 is 4.39 Å². The maximum absolute atomic E-state index is 13.5. The van der Waals surface area contributed by atoms with Gasteiger partial charge in [0.2, 0.25) is 0 Å². The van der Waals surface area contributed by atoms with Crippen molar-refractivity contribution in [3.05, 3.63) is 35.4 Å². The summed E-state index contributed by atoms with van der Waals surface area (Å²) in [6, 6.07) is 5.07. The Morgan fingerprint density at radius 2 is 2.10 bits per heavy atom. The average Bonchev–Trinajstić information content (AvgIpc) is 3.21. The van der Waals surface area contributed by atoms with Crippen molar-refractivity contribution in [2.45, 2.75) is 46.1 Å². The molecular formula is C17H22FN3. The van der Waals surface area contributed by atoms with E-state index in [1.165, 1.54) is 18.9 Å². The van der Waals surface area contributed by atoms with Crippen LogP contribution in [0, 0.1) is 18.7 Å². The van der Waals surface area contributed by atoms with E-state index < -0.39 is 0 Å². The van der Waals surface area contributed by atoms with Crippen molar-refractivity contribution in [1.29, 1.82) is 0 Å². The number of imidazole rings is 1. The van der Waals surface area contributed by atoms with Gasteiger partial charge >= 0.3 is 0 Å². The molecule has 0 aliphatic heterocycles. The number of benzene rings is 1. The normalized spacial score (nSPS) is 14.9. The first-order valence-electron chi connectivity index (χ1n) is 7.59. The van der Waals surface area contributed by atoms with Crippen molar-refractivity contribution in [2.75, 3.05) is 5.73 Å². The predicted octanol–water partition coefficient (Wildman–Crippen LogP) is 4.11. The molecule has 2 aromatic rings. The third kappa shape index (κ3) is 2.67. The van der Waals surface area contributed by atoms with Crippen LogP contribution < -0.4 is 5.73 Å². The monoisotopic (exact) mass is 287 g/mol. The number of anilines is 1. The van der Waals surface area contributed by atoms with Crippen LogP contribution in [0.5, 0.6) is 0 Å². The lowest BCUT2D eigenvalue weighted by Gasteiger charge is -2.12. The second-order valence-electron chi connectivity index (χ2n) is 6.45. The Morgan fingerprint density at radius 3 is 2.67 bits per heavy atom. The maximum atomic E-state index is 13.5. The smallest absolute Gasteiger partial charge is 0.131 e. The first-order valence-corrected chi connectivity index (χ1v) is 7.59. The molecule has 1 heterocycles. The molecule has 1 aromatic heterocycles. The SMILES string of the molecule is Cc1cc(-c2nc(C3CC3)n(CC(C)C)c2N)ccc1F. The van der Waals surface area contributed by atoms with E-state index in [4.69, 9.17) is 10.7 Å². The highest BCUT2D eigenvalue weighted by atomic mass is 19.1. The minimum Gasteiger partial charge on any atom is -0.383 e. The highest BCUT2D eigenvalue weighted by molar-refractivity contribution is 5.71. The number of nitrogen functional groups attached to an aromatic ring is 1. The third-order valence-corrected chi connectivity index (χ3v) is 3.96. The summed E-state index contributed by atoms with van der Waals surface area (Å²) in [6.45, 7) is 7.00. The minimum absolute atomic E-state index is 0.193. The molecule has 0 saturated heterocycles. The molecule has 4 heteroatoms. The fraction of sp³-hybridized carbons (Fsp3) is 0.471. The number of aromatic nitrogens is 2. The molecule has 1 fully saturated rings. The van der Waals surface area contributed by atoms with Crippen LogP contribution in [0.1, 0.15) is 44.0 Å². The fourth-order valence-electron chi connectivity index (χ4n) is 2.70. The zero-order valence-corrected chi connectivity index (χ0v) is 12.9. The number of nitrogens with zero attached hydrogens (tertiary/aromatic N) is 2. The lowest BCUT2D eigenvalue weighted by Crippen LogP contribution is -2.10. The maximum Gasteiger partial charge on any atom is 0.131 e. The van der Waals surface area contributed by atoms with Crippen LogP contribution in [-0.4, -0.2) is 9.55 Å². The van der Waals surface area contributed by atoms with Gasteiger partial charge in [-0.1, -0.05) is 13.8 Å². The molecule has 1 saturated carbocycles. The van der Waals surface area contributed by atoms with Crippen molar-refractivity contribution in [3.63, 3.8) is 0 Å². The molecular weight excluding hydrogens is 265 g/mol. The summed E-state index contributed by atoms with van der Waals surface area (Å²) in [5.74, 6) is 2.67. The van der Waals surface area contributed by atoms with Crippen LogP contribution >= 0.6 is 0 Å². The lowest BCUT2D eigenvalue weighted by molar-refractivity contribution is 0.512. The van der Waals surface area contributed by atoms with Crippen LogP contribution in [-0.2, 0) is 6.54 Å². The first-order chi connectivity index (χ1) is 9.97. The predicted molar refractivity (Wildman–Crippen MR) is 83.6 cm³/mol. The molecule has 0 radical (unpaired) electrons. The summed E-state index contributed by atoms with van der Waals surface area (Å²) in [4.78, 5) is 4.78. The van der Waals surface area contributed by atoms with Gasteiger partial charge in [-0.05, 0) is 49.4 Å². The molecule has 3 nitrogen and oxygen atoms in total. The van der Waals surface area contributed by atoms with E-state index in [0.29, 0.717) is 23.2 Å². The molecule has 1 aliphatic carbocycles. The second-order valence-corrected chi connectivity index (χ2v) is 6.45. The summed E-state index contributed by atoms with van der Waals surface area (Å²) in [7, 11) is 0. The van der Waals surface area contributed by atoms with Crippen LogP contribution in [0.15, 0.2) is 18.2 Å². The fourth-order valence-corrected chi connectivity index (χ4v) is 2.70. The van der Waals surface area contributed by atoms with Crippen LogP contribution in [0.3, 0.4) is 0 Å². The van der Waals surface area contributed by atoms with E-state index in [1.807, 2.05) is 6.07 Å². The van der Waals surface area contributed by atoms with Gasteiger partial charge in [0.05, 0.1) is 0 Å². The second kappa shape index (κ2) is 5.17. The Morgan fingerprint density at radius 1 is 1.38 bits per heavy atom. The molecule has 0 atom stereocenters. The Bertz CT molecular complexity index is 669. The Kier molecular flexibility index (Phi) is 3.47. The number of rotatable bonds is 4. The molecule has 2 N–H and O–H groups in total. The highest BCUT2D eigenvalue weighted by Gasteiger charge is 2.31. The van der Waals surface area contributed by atoms with E-state index in [2.05, 4.69) is 18.4 Å². The molecule has 0 unspecified atom stereocenters. The molecule has 112 valence electrons. The summed E-state index contributed by atoms with van der Waals surface area (Å²) in [6.07, 6.45) is 2.38. The number of hydrogen-bond acceptors (Lipinski definition) is 2. The Hall–Kier alpha value is -1.84. The van der Waals surface area contributed by atoms with Crippen molar-refractivity contribution in [3.8, 4) is 11.3 Å². The standard InChI is InChI=1S/C17H22FN3/c1-10(2)9-21-16(19)15(20-17(21)12-4-5-12)13-6-7-14(18)11(3)8-13/h6-8,10,12H,4-5,9,19H2,1-3H3. The quantitative estimate of drug-likeness (QED) is 0.919. The molecule has 1 aromatic carbocycles. The topological polar surface area (TPSA) is 43.8 Å². The van der Waals surface area contributed by atoms with Crippen LogP contribution in [0.4, 0.5) is 10.2 Å². The summed E-state index contributed by atoms with van der Waals surface area (Å²) >= 11 is 0. The van der Waals surface area contributed by atoms with E-state index in [0.717, 1.165) is 23.6 Å². The highest BCUT2D eigenvalue weighted by Crippen LogP contribution is 2.42. The average molecular weight is 287 g/mol. The van der Waals surface area contributed by atoms with Gasteiger partial charge in [-0.3, -0.25) is 0 Å². The zero-order valence-electron chi connectivity index (χ0n) is 12.9. The zero-order chi connectivity index (χ0) is 15.1. The van der Waals surface area contributed by atoms with Gasteiger partial charge in [-0.25, -0.2) is 9.37 Å². The molecule has 0 spiro atoms. The van der Waals surface area contributed by atoms with Gasteiger partial charge in [-0.2, -0.15) is 0 Å². The first kappa shape index (κ1) is 14.1. The van der Waals surface area contributed by atoms with Gasteiger partial charge in [0.15, 0.2) is 0 Å². The number of hydrogen-bond donors (Lipinski definition) is 1. The van der Waals surface area contributed by atoms with E-state index in [-0.39, 0.29) is 5.82 Å².